The fourth-order valence-electron chi connectivity index (χ4n) is 1.96. The number of rotatable bonds is 5. The maximum Gasteiger partial charge on any atom is 0.315 e. The van der Waals surface area contributed by atoms with Gasteiger partial charge in [0.1, 0.15) is 5.41 Å². The molecule has 18 heavy (non-hydrogen) atoms. The van der Waals surface area contributed by atoms with Gasteiger partial charge in [-0.1, -0.05) is 30.3 Å². The minimum Gasteiger partial charge on any atom is -0.481 e. The molecule has 1 unspecified atom stereocenters. The SMILES string of the molecule is NCC(Cc1cncs1)(C(=O)O)c1ccccc1. The molecule has 1 atom stereocenters. The van der Waals surface area contributed by atoms with Gasteiger partial charge in [-0.05, 0) is 5.56 Å². The first-order valence-electron chi connectivity index (χ1n) is 5.55. The fraction of sp³-hybridized carbons (Fsp3) is 0.231. The van der Waals surface area contributed by atoms with E-state index in [0.29, 0.717) is 6.42 Å². The zero-order chi connectivity index (χ0) is 13.0. The largest absolute Gasteiger partial charge is 0.481 e. The van der Waals surface area contributed by atoms with Crippen molar-refractivity contribution in [2.24, 2.45) is 5.73 Å². The van der Waals surface area contributed by atoms with Gasteiger partial charge in [0, 0.05) is 24.0 Å². The van der Waals surface area contributed by atoms with E-state index in [0.717, 1.165) is 10.4 Å². The Labute approximate surface area is 109 Å². The third-order valence-corrected chi connectivity index (χ3v) is 3.82. The van der Waals surface area contributed by atoms with E-state index in [4.69, 9.17) is 5.73 Å². The predicted molar refractivity (Wildman–Crippen MR) is 70.6 cm³/mol. The van der Waals surface area contributed by atoms with E-state index in [1.165, 1.54) is 11.3 Å². The maximum absolute atomic E-state index is 11.7. The summed E-state index contributed by atoms with van der Waals surface area (Å²) in [6.45, 7) is 0.0598. The molecule has 0 aliphatic carbocycles. The molecule has 1 aromatic heterocycles. The third kappa shape index (κ3) is 2.27. The molecule has 94 valence electrons. The van der Waals surface area contributed by atoms with Gasteiger partial charge in [0.2, 0.25) is 0 Å². The highest BCUT2D eigenvalue weighted by Gasteiger charge is 2.39. The molecular weight excluding hydrogens is 248 g/mol. The Kier molecular flexibility index (Phi) is 3.74. The number of aliphatic carboxylic acids is 1. The lowest BCUT2D eigenvalue weighted by atomic mass is 9.77. The summed E-state index contributed by atoms with van der Waals surface area (Å²) < 4.78 is 0. The Bertz CT molecular complexity index is 513. The highest BCUT2D eigenvalue weighted by atomic mass is 32.1. The normalized spacial score (nSPS) is 14.1. The van der Waals surface area contributed by atoms with Crippen molar-refractivity contribution in [1.82, 2.24) is 4.98 Å². The smallest absolute Gasteiger partial charge is 0.315 e. The second-order valence-corrected chi connectivity index (χ2v) is 5.07. The van der Waals surface area contributed by atoms with Crippen molar-refractivity contribution in [3.05, 3.63) is 52.5 Å². The van der Waals surface area contributed by atoms with Crippen LogP contribution in [0.3, 0.4) is 0 Å². The molecule has 0 aliphatic heterocycles. The van der Waals surface area contributed by atoms with E-state index in [9.17, 15) is 9.90 Å². The van der Waals surface area contributed by atoms with Crippen LogP contribution in [0.1, 0.15) is 10.4 Å². The standard InChI is InChI=1S/C13H14N2O2S/c14-8-13(12(16)17,6-11-7-15-9-18-11)10-4-2-1-3-5-10/h1-5,7,9H,6,8,14H2,(H,16,17). The lowest BCUT2D eigenvalue weighted by Crippen LogP contribution is -2.44. The molecule has 2 aromatic rings. The number of benzene rings is 1. The number of carbonyl (C=O) groups is 1. The first-order valence-corrected chi connectivity index (χ1v) is 6.43. The lowest BCUT2D eigenvalue weighted by molar-refractivity contribution is -0.143. The minimum absolute atomic E-state index is 0.0598. The van der Waals surface area contributed by atoms with Crippen LogP contribution < -0.4 is 5.73 Å². The summed E-state index contributed by atoms with van der Waals surface area (Å²) in [5.74, 6) is -0.899. The summed E-state index contributed by atoms with van der Waals surface area (Å²) >= 11 is 1.45. The Hall–Kier alpha value is -1.72. The molecule has 0 fully saturated rings. The summed E-state index contributed by atoms with van der Waals surface area (Å²) in [6, 6.07) is 9.13. The maximum atomic E-state index is 11.7. The number of nitrogens with two attached hydrogens (primary N) is 1. The van der Waals surface area contributed by atoms with E-state index in [1.807, 2.05) is 30.3 Å². The zero-order valence-corrected chi connectivity index (χ0v) is 10.6. The molecule has 0 saturated heterocycles. The van der Waals surface area contributed by atoms with Crippen molar-refractivity contribution < 1.29 is 9.90 Å². The van der Waals surface area contributed by atoms with Crippen LogP contribution in [0.5, 0.6) is 0 Å². The summed E-state index contributed by atoms with van der Waals surface area (Å²) in [7, 11) is 0. The molecule has 0 aliphatic rings. The van der Waals surface area contributed by atoms with Crippen LogP contribution >= 0.6 is 11.3 Å². The summed E-state index contributed by atoms with van der Waals surface area (Å²) in [4.78, 5) is 16.6. The molecular formula is C13H14N2O2S. The number of aromatic nitrogens is 1. The average molecular weight is 262 g/mol. The van der Waals surface area contributed by atoms with Gasteiger partial charge in [-0.15, -0.1) is 11.3 Å². The first-order chi connectivity index (χ1) is 8.69. The van der Waals surface area contributed by atoms with Crippen molar-refractivity contribution in [1.29, 1.82) is 0 Å². The van der Waals surface area contributed by atoms with Gasteiger partial charge in [0.05, 0.1) is 5.51 Å². The third-order valence-electron chi connectivity index (χ3n) is 3.04. The van der Waals surface area contributed by atoms with Gasteiger partial charge in [-0.3, -0.25) is 9.78 Å². The number of nitrogens with zero attached hydrogens (tertiary/aromatic N) is 1. The summed E-state index contributed by atoms with van der Waals surface area (Å²) in [6.07, 6.45) is 2.06. The Morgan fingerprint density at radius 3 is 2.61 bits per heavy atom. The number of hydrogen-bond acceptors (Lipinski definition) is 4. The molecule has 2 rings (SSSR count). The Morgan fingerprint density at radius 1 is 1.39 bits per heavy atom. The van der Waals surface area contributed by atoms with Crippen LogP contribution in [0.2, 0.25) is 0 Å². The molecule has 1 aromatic carbocycles. The summed E-state index contributed by atoms with van der Waals surface area (Å²) in [5, 5.41) is 9.58. The quantitative estimate of drug-likeness (QED) is 0.859. The van der Waals surface area contributed by atoms with Crippen LogP contribution in [-0.4, -0.2) is 22.6 Å². The summed E-state index contributed by atoms with van der Waals surface area (Å²) in [5.41, 5.74) is 7.11. The van der Waals surface area contributed by atoms with Crippen molar-refractivity contribution >= 4 is 17.3 Å². The first kappa shape index (κ1) is 12.7. The van der Waals surface area contributed by atoms with Crippen LogP contribution in [0.4, 0.5) is 0 Å². The number of carboxylic acids is 1. The number of carboxylic acid groups (broad SMARTS) is 1. The van der Waals surface area contributed by atoms with E-state index in [1.54, 1.807) is 11.7 Å². The number of thiazole rings is 1. The van der Waals surface area contributed by atoms with Crippen LogP contribution in [0.25, 0.3) is 0 Å². The second-order valence-electron chi connectivity index (χ2n) is 4.10. The molecule has 4 nitrogen and oxygen atoms in total. The molecule has 5 heteroatoms. The van der Waals surface area contributed by atoms with Crippen molar-refractivity contribution in [2.75, 3.05) is 6.54 Å². The van der Waals surface area contributed by atoms with E-state index in [2.05, 4.69) is 4.98 Å². The molecule has 0 radical (unpaired) electrons. The van der Waals surface area contributed by atoms with Gasteiger partial charge in [-0.25, -0.2) is 0 Å². The van der Waals surface area contributed by atoms with Gasteiger partial charge in [0.15, 0.2) is 0 Å². The fourth-order valence-corrected chi connectivity index (χ4v) is 2.67. The molecule has 1 heterocycles. The van der Waals surface area contributed by atoms with Crippen molar-refractivity contribution in [3.8, 4) is 0 Å². The van der Waals surface area contributed by atoms with Crippen LogP contribution in [-0.2, 0) is 16.6 Å². The predicted octanol–water partition coefficient (Wildman–Crippen LogP) is 1.67. The van der Waals surface area contributed by atoms with E-state index >= 15 is 0 Å². The van der Waals surface area contributed by atoms with Crippen molar-refractivity contribution in [2.45, 2.75) is 11.8 Å². The molecule has 0 bridgehead atoms. The van der Waals surface area contributed by atoms with Crippen molar-refractivity contribution in [3.63, 3.8) is 0 Å². The highest BCUT2D eigenvalue weighted by molar-refractivity contribution is 7.09. The average Bonchev–Trinajstić information content (AvgIpc) is 2.89. The topological polar surface area (TPSA) is 76.2 Å². The molecule has 3 N–H and O–H groups in total. The lowest BCUT2D eigenvalue weighted by Gasteiger charge is -2.27. The minimum atomic E-state index is -1.08. The monoisotopic (exact) mass is 262 g/mol. The van der Waals surface area contributed by atoms with Gasteiger partial charge in [-0.2, -0.15) is 0 Å². The number of hydrogen-bond donors (Lipinski definition) is 2. The Balaban J connectivity index is 2.43. The molecule has 0 spiro atoms. The second kappa shape index (κ2) is 5.29. The van der Waals surface area contributed by atoms with Gasteiger partial charge >= 0.3 is 5.97 Å². The Morgan fingerprint density at radius 2 is 2.11 bits per heavy atom. The van der Waals surface area contributed by atoms with E-state index in [-0.39, 0.29) is 6.54 Å². The van der Waals surface area contributed by atoms with Crippen LogP contribution in [0.15, 0.2) is 42.0 Å². The van der Waals surface area contributed by atoms with E-state index < -0.39 is 11.4 Å². The highest BCUT2D eigenvalue weighted by Crippen LogP contribution is 2.29. The molecule has 0 amide bonds. The van der Waals surface area contributed by atoms with Gasteiger partial charge in [0.25, 0.3) is 0 Å². The van der Waals surface area contributed by atoms with Gasteiger partial charge < -0.3 is 10.8 Å². The zero-order valence-electron chi connectivity index (χ0n) is 9.74. The van der Waals surface area contributed by atoms with Crippen LogP contribution in [0, 0.1) is 0 Å². The molecule has 0 saturated carbocycles.